The lowest BCUT2D eigenvalue weighted by atomic mass is 11.7. The van der Waals surface area contributed by atoms with Crippen LogP contribution in [-0.4, -0.2) is 36.5 Å². The van der Waals surface area contributed by atoms with Crippen molar-refractivity contribution < 1.29 is 13.3 Å². The van der Waals surface area contributed by atoms with Gasteiger partial charge in [0, 0.05) is 0 Å². The summed E-state index contributed by atoms with van der Waals surface area (Å²) in [6.07, 6.45) is 0.165. The molecule has 0 aromatic heterocycles. The van der Waals surface area contributed by atoms with Gasteiger partial charge in [-0.3, -0.25) is 0 Å². The minimum absolute atomic E-state index is 0.165. The molecule has 0 amide bonds. The van der Waals surface area contributed by atoms with Gasteiger partial charge in [0.15, 0.2) is 8.32 Å². The quantitative estimate of drug-likeness (QED) is 0.763. The third kappa shape index (κ3) is 6.91. The summed E-state index contributed by atoms with van der Waals surface area (Å²) in [6.45, 7) is 14.7. The largest absolute Gasteiger partial charge is 0.437 e. The summed E-state index contributed by atoms with van der Waals surface area (Å²) in [5.74, 6) is 0. The summed E-state index contributed by atoms with van der Waals surface area (Å²) in [6, 6.07) is 0. The van der Waals surface area contributed by atoms with Gasteiger partial charge in [0.05, 0.1) is 6.23 Å². The van der Waals surface area contributed by atoms with Crippen LogP contribution in [0.5, 0.6) is 0 Å². The average molecular weight is 253 g/mol. The van der Waals surface area contributed by atoms with Crippen LogP contribution < -0.4 is 0 Å². The van der Waals surface area contributed by atoms with Crippen molar-refractivity contribution in [2.75, 3.05) is 6.23 Å². The maximum Gasteiger partial charge on any atom is 0.311 e. The van der Waals surface area contributed by atoms with E-state index in [1.54, 1.807) is 0 Å². The normalized spacial score (nSPS) is 14.6. The van der Waals surface area contributed by atoms with Crippen LogP contribution in [0, 0.1) is 0 Å². The van der Waals surface area contributed by atoms with Gasteiger partial charge in [-0.05, 0) is 45.8 Å². The van der Waals surface area contributed by atoms with E-state index in [4.69, 9.17) is 8.23 Å². The molecule has 0 aromatic carbocycles. The maximum atomic E-state index is 9.17. The Kier molecular flexibility index (Phi) is 4.76. The van der Waals surface area contributed by atoms with Crippen LogP contribution >= 0.6 is 0 Å². The Labute approximate surface area is 91.0 Å². The molecule has 0 atom stereocenters. The Morgan fingerprint density at radius 1 is 0.857 bits per heavy atom. The molecule has 0 saturated heterocycles. The Balaban J connectivity index is 4.35. The first-order valence-corrected chi connectivity index (χ1v) is 14.3. The van der Waals surface area contributed by atoms with Crippen molar-refractivity contribution >= 4 is 25.2 Å². The fourth-order valence-corrected chi connectivity index (χ4v) is 13.5. The predicted octanol–water partition coefficient (Wildman–Crippen LogP) is 2.29. The van der Waals surface area contributed by atoms with Gasteiger partial charge >= 0.3 is 8.56 Å². The first-order chi connectivity index (χ1) is 5.97. The highest BCUT2D eigenvalue weighted by Crippen LogP contribution is 2.19. The second-order valence-corrected chi connectivity index (χ2v) is 18.1. The van der Waals surface area contributed by atoms with Crippen molar-refractivity contribution in [1.29, 1.82) is 0 Å². The lowest BCUT2D eigenvalue weighted by molar-refractivity contribution is 0.315. The highest BCUT2D eigenvalue weighted by molar-refractivity contribution is 6.87. The van der Waals surface area contributed by atoms with Gasteiger partial charge in [-0.1, -0.05) is 0 Å². The van der Waals surface area contributed by atoms with Gasteiger partial charge in [0.1, 0.15) is 0 Å². The number of rotatable bonds is 5. The zero-order valence-electron chi connectivity index (χ0n) is 10.5. The number of aliphatic hydroxyl groups excluding tert-OH is 1. The molecule has 86 valence electrons. The Hall–Kier alpha value is 0.531. The van der Waals surface area contributed by atoms with E-state index < -0.39 is 25.2 Å². The summed E-state index contributed by atoms with van der Waals surface area (Å²) in [5, 5.41) is 9.17. The van der Waals surface area contributed by atoms with Crippen molar-refractivity contribution in [1.82, 2.24) is 0 Å². The zero-order valence-corrected chi connectivity index (χ0v) is 13.5. The molecule has 0 aliphatic carbocycles. The first kappa shape index (κ1) is 14.5. The molecule has 1 N–H and O–H groups in total. The van der Waals surface area contributed by atoms with Crippen molar-refractivity contribution in [3.8, 4) is 0 Å². The maximum absolute atomic E-state index is 9.17. The van der Waals surface area contributed by atoms with Crippen LogP contribution in [0.25, 0.3) is 0 Å². The van der Waals surface area contributed by atoms with E-state index in [0.29, 0.717) is 0 Å². The molecule has 0 saturated carbocycles. The first-order valence-electron chi connectivity index (χ1n) is 4.99. The average Bonchev–Trinajstić information content (AvgIpc) is 1.78. The predicted molar refractivity (Wildman–Crippen MR) is 67.6 cm³/mol. The molecule has 0 fully saturated rings. The van der Waals surface area contributed by atoms with E-state index in [2.05, 4.69) is 32.7 Å². The van der Waals surface area contributed by atoms with Crippen molar-refractivity contribution in [2.24, 2.45) is 0 Å². The minimum atomic E-state index is -2.03. The van der Waals surface area contributed by atoms with Crippen LogP contribution in [0.2, 0.25) is 45.8 Å². The lowest BCUT2D eigenvalue weighted by Gasteiger charge is -2.36. The lowest BCUT2D eigenvalue weighted by Crippen LogP contribution is -2.53. The van der Waals surface area contributed by atoms with E-state index in [1.807, 2.05) is 13.1 Å². The molecule has 0 spiro atoms. The molecular weight excluding hydrogens is 228 g/mol. The Morgan fingerprint density at radius 2 is 1.29 bits per heavy atom. The third-order valence-electron chi connectivity index (χ3n) is 1.45. The molecule has 0 bridgehead atoms. The van der Waals surface area contributed by atoms with E-state index in [0.717, 1.165) is 0 Å². The molecular formula is C8H24O3Si3. The standard InChI is InChI=1S/C8H24O3Si3/c1-12(2,3)10-14(6,7)11-13(4,5)8-9/h9H,8H2,1-7H3. The smallest absolute Gasteiger partial charge is 0.311 e. The van der Waals surface area contributed by atoms with Gasteiger partial charge in [0.2, 0.25) is 8.32 Å². The number of hydrogen-bond donors (Lipinski definition) is 1. The molecule has 0 aliphatic rings. The van der Waals surface area contributed by atoms with Crippen LogP contribution in [0.4, 0.5) is 0 Å². The monoisotopic (exact) mass is 252 g/mol. The SMILES string of the molecule is C[Si](C)(C)O[Si](C)(C)O[Si](C)(C)CO. The van der Waals surface area contributed by atoms with E-state index in [1.165, 1.54) is 0 Å². The van der Waals surface area contributed by atoms with Gasteiger partial charge in [-0.2, -0.15) is 0 Å². The summed E-state index contributed by atoms with van der Waals surface area (Å²) in [5.41, 5.74) is 0. The molecule has 0 unspecified atom stereocenters. The number of hydrogen-bond acceptors (Lipinski definition) is 3. The molecule has 3 nitrogen and oxygen atoms in total. The summed E-state index contributed by atoms with van der Waals surface area (Å²) >= 11 is 0. The Bertz CT molecular complexity index is 187. The van der Waals surface area contributed by atoms with E-state index >= 15 is 0 Å². The number of aliphatic hydroxyl groups is 1. The molecule has 6 heteroatoms. The molecule has 0 heterocycles. The van der Waals surface area contributed by atoms with Crippen molar-refractivity contribution in [3.05, 3.63) is 0 Å². The highest BCUT2D eigenvalue weighted by Gasteiger charge is 2.37. The topological polar surface area (TPSA) is 38.7 Å². The highest BCUT2D eigenvalue weighted by atomic mass is 28.5. The molecule has 0 aromatic rings. The van der Waals surface area contributed by atoms with Crippen molar-refractivity contribution in [2.45, 2.75) is 45.8 Å². The van der Waals surface area contributed by atoms with Crippen LogP contribution in [-0.2, 0) is 8.23 Å². The van der Waals surface area contributed by atoms with Gasteiger partial charge < -0.3 is 13.3 Å². The van der Waals surface area contributed by atoms with E-state index in [9.17, 15) is 5.11 Å². The second kappa shape index (κ2) is 4.58. The summed E-state index contributed by atoms with van der Waals surface area (Å²) in [7, 11) is -5.46. The Morgan fingerprint density at radius 3 is 1.57 bits per heavy atom. The van der Waals surface area contributed by atoms with E-state index in [-0.39, 0.29) is 6.23 Å². The van der Waals surface area contributed by atoms with Gasteiger partial charge in [0.25, 0.3) is 0 Å². The molecule has 0 rings (SSSR count). The summed E-state index contributed by atoms with van der Waals surface area (Å²) < 4.78 is 12.0. The minimum Gasteiger partial charge on any atom is -0.437 e. The molecule has 14 heavy (non-hydrogen) atoms. The van der Waals surface area contributed by atoms with Crippen LogP contribution in [0.3, 0.4) is 0 Å². The van der Waals surface area contributed by atoms with Crippen molar-refractivity contribution in [3.63, 3.8) is 0 Å². The fraction of sp³-hybridized carbons (Fsp3) is 1.00. The van der Waals surface area contributed by atoms with Gasteiger partial charge in [-0.15, -0.1) is 0 Å². The van der Waals surface area contributed by atoms with Crippen LogP contribution in [0.15, 0.2) is 0 Å². The van der Waals surface area contributed by atoms with Gasteiger partial charge in [-0.25, -0.2) is 0 Å². The second-order valence-electron chi connectivity index (χ2n) is 5.63. The fourth-order valence-electron chi connectivity index (χ4n) is 1.46. The van der Waals surface area contributed by atoms with Crippen LogP contribution in [0.1, 0.15) is 0 Å². The summed E-state index contributed by atoms with van der Waals surface area (Å²) in [4.78, 5) is 0. The molecule has 0 radical (unpaired) electrons. The zero-order chi connectivity index (χ0) is 11.6. The molecule has 0 aliphatic heterocycles. The third-order valence-corrected chi connectivity index (χ3v) is 10.8.